The summed E-state index contributed by atoms with van der Waals surface area (Å²) in [5.41, 5.74) is 7.64. The lowest BCUT2D eigenvalue weighted by Gasteiger charge is -2.16. The number of hydrogen-bond acceptors (Lipinski definition) is 4. The lowest BCUT2D eigenvalue weighted by atomic mass is 9.97. The third-order valence-corrected chi connectivity index (χ3v) is 4.29. The Morgan fingerprint density at radius 3 is 1.96 bits per heavy atom. The van der Waals surface area contributed by atoms with Crippen molar-refractivity contribution in [2.24, 2.45) is 5.73 Å². The molecule has 2 N–H and O–H groups in total. The predicted octanol–water partition coefficient (Wildman–Crippen LogP) is 3.61. The fourth-order valence-corrected chi connectivity index (χ4v) is 2.81. The van der Waals surface area contributed by atoms with Crippen molar-refractivity contribution in [1.82, 2.24) is 0 Å². The summed E-state index contributed by atoms with van der Waals surface area (Å²) in [7, 11) is 0. The summed E-state index contributed by atoms with van der Waals surface area (Å²) in [6, 6.07) is 21.9. The smallest absolute Gasteiger partial charge is 0.340 e. The van der Waals surface area contributed by atoms with Gasteiger partial charge < -0.3 is 10.5 Å². The topological polar surface area (TPSA) is 86.5 Å². The van der Waals surface area contributed by atoms with Gasteiger partial charge in [0, 0.05) is 16.7 Å². The van der Waals surface area contributed by atoms with Crippen LogP contribution in [0.3, 0.4) is 0 Å². The predicted molar refractivity (Wildman–Crippen MR) is 105 cm³/mol. The lowest BCUT2D eigenvalue weighted by Crippen LogP contribution is -2.26. The first-order valence-electron chi connectivity index (χ1n) is 8.73. The molecule has 3 aromatic carbocycles. The van der Waals surface area contributed by atoms with E-state index in [1.165, 1.54) is 6.07 Å². The Kier molecular flexibility index (Phi) is 5.65. The highest BCUT2D eigenvalue weighted by atomic mass is 16.5. The minimum Gasteiger partial charge on any atom is -0.444 e. The standard InChI is InChI=1S/C23H19NO4/c1-15-11-13-16(14-12-15)20(25)18-9-5-6-10-19(18)23(27)28-21(22(24)26)17-7-3-2-4-8-17/h2-14,21H,1H3,(H2,24,26). The fourth-order valence-electron chi connectivity index (χ4n) is 2.81. The second-order valence-corrected chi connectivity index (χ2v) is 6.34. The van der Waals surface area contributed by atoms with Gasteiger partial charge in [-0.15, -0.1) is 0 Å². The van der Waals surface area contributed by atoms with Gasteiger partial charge in [0.15, 0.2) is 5.78 Å². The van der Waals surface area contributed by atoms with Gasteiger partial charge in [-0.3, -0.25) is 9.59 Å². The zero-order valence-electron chi connectivity index (χ0n) is 15.3. The number of esters is 1. The maximum atomic E-state index is 12.9. The van der Waals surface area contributed by atoms with Crippen LogP contribution in [0.4, 0.5) is 0 Å². The zero-order valence-corrected chi connectivity index (χ0v) is 15.3. The largest absolute Gasteiger partial charge is 0.444 e. The van der Waals surface area contributed by atoms with Gasteiger partial charge in [0.2, 0.25) is 6.10 Å². The van der Waals surface area contributed by atoms with Gasteiger partial charge in [0.05, 0.1) is 5.56 Å². The Bertz CT molecular complexity index is 1010. The fraction of sp³-hybridized carbons (Fsp3) is 0.0870. The van der Waals surface area contributed by atoms with Crippen LogP contribution in [0.1, 0.15) is 43.5 Å². The molecule has 0 aliphatic rings. The van der Waals surface area contributed by atoms with Crippen molar-refractivity contribution in [3.05, 3.63) is 107 Å². The quantitative estimate of drug-likeness (QED) is 0.528. The summed E-state index contributed by atoms with van der Waals surface area (Å²) in [5, 5.41) is 0. The summed E-state index contributed by atoms with van der Waals surface area (Å²) in [6.07, 6.45) is -1.24. The molecule has 28 heavy (non-hydrogen) atoms. The zero-order chi connectivity index (χ0) is 20.1. The number of hydrogen-bond donors (Lipinski definition) is 1. The number of rotatable bonds is 6. The Balaban J connectivity index is 1.91. The molecule has 0 fully saturated rings. The number of nitrogens with two attached hydrogens (primary N) is 1. The van der Waals surface area contributed by atoms with Gasteiger partial charge in [0.1, 0.15) is 0 Å². The van der Waals surface area contributed by atoms with Gasteiger partial charge in [-0.25, -0.2) is 4.79 Å². The van der Waals surface area contributed by atoms with Gasteiger partial charge in [0.25, 0.3) is 5.91 Å². The maximum Gasteiger partial charge on any atom is 0.340 e. The first kappa shape index (κ1) is 19.0. The molecule has 0 bridgehead atoms. The number of ether oxygens (including phenoxy) is 1. The normalized spacial score (nSPS) is 11.5. The van der Waals surface area contributed by atoms with Gasteiger partial charge in [-0.1, -0.05) is 78.4 Å². The van der Waals surface area contributed by atoms with E-state index in [0.717, 1.165) is 5.56 Å². The molecule has 3 rings (SSSR count). The summed E-state index contributed by atoms with van der Waals surface area (Å²) >= 11 is 0. The van der Waals surface area contributed by atoms with E-state index in [1.807, 2.05) is 19.1 Å². The molecule has 0 saturated carbocycles. The van der Waals surface area contributed by atoms with E-state index in [4.69, 9.17) is 10.5 Å². The average Bonchev–Trinajstić information content (AvgIpc) is 2.72. The van der Waals surface area contributed by atoms with Crippen molar-refractivity contribution in [3.8, 4) is 0 Å². The summed E-state index contributed by atoms with van der Waals surface area (Å²) in [4.78, 5) is 37.5. The highest BCUT2D eigenvalue weighted by Gasteiger charge is 2.26. The van der Waals surface area contributed by atoms with E-state index >= 15 is 0 Å². The highest BCUT2D eigenvalue weighted by Crippen LogP contribution is 2.22. The van der Waals surface area contributed by atoms with Crippen LogP contribution in [0.2, 0.25) is 0 Å². The molecular formula is C23H19NO4. The number of carbonyl (C=O) groups excluding carboxylic acids is 3. The molecule has 5 heteroatoms. The molecule has 1 atom stereocenters. The lowest BCUT2D eigenvalue weighted by molar-refractivity contribution is -0.127. The van der Waals surface area contributed by atoms with Crippen LogP contribution in [-0.4, -0.2) is 17.7 Å². The molecule has 3 aromatic rings. The first-order valence-corrected chi connectivity index (χ1v) is 8.73. The number of primary amides is 1. The molecule has 0 aliphatic heterocycles. The maximum absolute atomic E-state index is 12.9. The number of amides is 1. The van der Waals surface area contributed by atoms with Crippen LogP contribution in [0.5, 0.6) is 0 Å². The molecular weight excluding hydrogens is 354 g/mol. The molecule has 5 nitrogen and oxygen atoms in total. The van der Waals surface area contributed by atoms with Crippen LogP contribution < -0.4 is 5.73 Å². The van der Waals surface area contributed by atoms with Crippen LogP contribution in [-0.2, 0) is 9.53 Å². The summed E-state index contributed by atoms with van der Waals surface area (Å²) < 4.78 is 5.36. The van der Waals surface area contributed by atoms with Crippen molar-refractivity contribution in [3.63, 3.8) is 0 Å². The van der Waals surface area contributed by atoms with E-state index in [9.17, 15) is 14.4 Å². The third-order valence-electron chi connectivity index (χ3n) is 4.29. The Hall–Kier alpha value is -3.73. The van der Waals surface area contributed by atoms with E-state index in [1.54, 1.807) is 60.7 Å². The summed E-state index contributed by atoms with van der Waals surface area (Å²) in [6.45, 7) is 1.92. The van der Waals surface area contributed by atoms with E-state index in [2.05, 4.69) is 0 Å². The van der Waals surface area contributed by atoms with E-state index in [0.29, 0.717) is 11.1 Å². The Morgan fingerprint density at radius 2 is 1.36 bits per heavy atom. The molecule has 140 valence electrons. The molecule has 0 heterocycles. The molecule has 0 spiro atoms. The van der Waals surface area contributed by atoms with Crippen LogP contribution in [0.25, 0.3) is 0 Å². The molecule has 0 radical (unpaired) electrons. The van der Waals surface area contributed by atoms with Crippen LogP contribution >= 0.6 is 0 Å². The molecule has 1 unspecified atom stereocenters. The van der Waals surface area contributed by atoms with Crippen molar-refractivity contribution in [2.75, 3.05) is 0 Å². The molecule has 0 saturated heterocycles. The van der Waals surface area contributed by atoms with Crippen molar-refractivity contribution < 1.29 is 19.1 Å². The SMILES string of the molecule is Cc1ccc(C(=O)c2ccccc2C(=O)OC(C(N)=O)c2ccccc2)cc1. The number of carbonyl (C=O) groups is 3. The molecule has 0 aliphatic carbocycles. The molecule has 1 amide bonds. The van der Waals surface area contributed by atoms with Gasteiger partial charge >= 0.3 is 5.97 Å². The monoisotopic (exact) mass is 373 g/mol. The van der Waals surface area contributed by atoms with Crippen LogP contribution in [0, 0.1) is 6.92 Å². The van der Waals surface area contributed by atoms with Gasteiger partial charge in [-0.05, 0) is 13.0 Å². The Morgan fingerprint density at radius 1 is 0.786 bits per heavy atom. The third kappa shape index (κ3) is 4.15. The van der Waals surface area contributed by atoms with Crippen molar-refractivity contribution in [1.29, 1.82) is 0 Å². The first-order chi connectivity index (χ1) is 13.5. The van der Waals surface area contributed by atoms with Crippen molar-refractivity contribution in [2.45, 2.75) is 13.0 Å². The number of aryl methyl sites for hydroxylation is 1. The average molecular weight is 373 g/mol. The van der Waals surface area contributed by atoms with Crippen LogP contribution in [0.15, 0.2) is 78.9 Å². The Labute approximate surface area is 162 Å². The van der Waals surface area contributed by atoms with E-state index < -0.39 is 18.0 Å². The minimum atomic E-state index is -1.24. The summed E-state index contributed by atoms with van der Waals surface area (Å²) in [5.74, 6) is -1.88. The second-order valence-electron chi connectivity index (χ2n) is 6.34. The second kappa shape index (κ2) is 8.31. The minimum absolute atomic E-state index is 0.0789. The van der Waals surface area contributed by atoms with Gasteiger partial charge in [-0.2, -0.15) is 0 Å². The number of benzene rings is 3. The number of ketones is 1. The molecule has 0 aromatic heterocycles. The van der Waals surface area contributed by atoms with E-state index in [-0.39, 0.29) is 16.9 Å². The highest BCUT2D eigenvalue weighted by molar-refractivity contribution is 6.14. The van der Waals surface area contributed by atoms with Crippen molar-refractivity contribution >= 4 is 17.7 Å².